The average molecular weight is 558 g/mol. The van der Waals surface area contributed by atoms with Gasteiger partial charge >= 0.3 is 0 Å². The number of nitrogens with zero attached hydrogens (tertiary/aromatic N) is 6. The molecular weight excluding hydrogens is 533 g/mol. The molecule has 0 aliphatic heterocycles. The third-order valence-electron chi connectivity index (χ3n) is 7.20. The minimum Gasteiger partial charge on any atom is -0.395 e. The molecule has 10 heteroatoms. The Bertz CT molecular complexity index is 1810. The number of fused-ring (bicyclic) bond motifs is 3. The molecule has 8 nitrogen and oxygen atoms in total. The minimum absolute atomic E-state index is 0.0428. The van der Waals surface area contributed by atoms with Crippen molar-refractivity contribution in [1.82, 2.24) is 34.9 Å². The molecule has 0 bridgehead atoms. The van der Waals surface area contributed by atoms with Crippen LogP contribution in [0.1, 0.15) is 22.4 Å². The number of pyridine rings is 1. The predicted molar refractivity (Wildman–Crippen MR) is 153 cm³/mol. The maximum Gasteiger partial charge on any atom is 0.183 e. The molecule has 39 heavy (non-hydrogen) atoms. The maximum absolute atomic E-state index is 9.91. The van der Waals surface area contributed by atoms with Gasteiger partial charge in [0.1, 0.15) is 5.54 Å². The Balaban J connectivity index is 1.73. The highest BCUT2D eigenvalue weighted by molar-refractivity contribution is 6.31. The zero-order valence-corrected chi connectivity index (χ0v) is 22.8. The molecule has 0 spiro atoms. The Morgan fingerprint density at radius 1 is 0.974 bits per heavy atom. The van der Waals surface area contributed by atoms with Crippen molar-refractivity contribution in [2.75, 3.05) is 13.2 Å². The summed E-state index contributed by atoms with van der Waals surface area (Å²) in [5, 5.41) is 28.3. The van der Waals surface area contributed by atoms with E-state index in [2.05, 4.69) is 38.0 Å². The van der Waals surface area contributed by atoms with E-state index in [-0.39, 0.29) is 6.61 Å². The molecule has 0 aliphatic rings. The number of nitrogens with one attached hydrogen (secondary N) is 1. The largest absolute Gasteiger partial charge is 0.395 e. The van der Waals surface area contributed by atoms with Crippen LogP contribution in [0.5, 0.6) is 0 Å². The van der Waals surface area contributed by atoms with Gasteiger partial charge in [0.2, 0.25) is 0 Å². The Morgan fingerprint density at radius 3 is 2.49 bits per heavy atom. The van der Waals surface area contributed by atoms with Crippen molar-refractivity contribution in [2.24, 2.45) is 7.05 Å². The highest BCUT2D eigenvalue weighted by Crippen LogP contribution is 2.41. The lowest BCUT2D eigenvalue weighted by Crippen LogP contribution is -2.47. The van der Waals surface area contributed by atoms with Crippen molar-refractivity contribution in [1.29, 1.82) is 0 Å². The molecule has 0 fully saturated rings. The molecule has 3 aromatic heterocycles. The van der Waals surface area contributed by atoms with Crippen LogP contribution in [0.15, 0.2) is 79.3 Å². The molecule has 3 heterocycles. The molecule has 0 aliphatic carbocycles. The Kier molecular flexibility index (Phi) is 6.56. The molecule has 0 radical (unpaired) electrons. The molecule has 6 rings (SSSR count). The van der Waals surface area contributed by atoms with Crippen LogP contribution in [0.2, 0.25) is 10.0 Å². The topological polar surface area (TPSA) is 93.2 Å². The zero-order chi connectivity index (χ0) is 27.1. The molecular formula is C29H25Cl2N7O. The molecule has 2 N–H and O–H groups in total. The Hall–Kier alpha value is -3.82. The molecule has 3 aromatic carbocycles. The van der Waals surface area contributed by atoms with Gasteiger partial charge in [-0.15, -0.1) is 5.10 Å². The van der Waals surface area contributed by atoms with Gasteiger partial charge in [0.15, 0.2) is 5.65 Å². The normalized spacial score (nSPS) is 13.3. The van der Waals surface area contributed by atoms with Gasteiger partial charge < -0.3 is 9.67 Å². The highest BCUT2D eigenvalue weighted by atomic mass is 35.5. The van der Waals surface area contributed by atoms with Crippen LogP contribution < -0.4 is 5.32 Å². The fourth-order valence-corrected chi connectivity index (χ4v) is 5.80. The number of hydrogen-bond donors (Lipinski definition) is 2. The van der Waals surface area contributed by atoms with Gasteiger partial charge in [-0.05, 0) is 76.0 Å². The average Bonchev–Trinajstić information content (AvgIpc) is 3.60. The monoisotopic (exact) mass is 557 g/mol. The van der Waals surface area contributed by atoms with E-state index in [1.807, 2.05) is 79.3 Å². The number of imidazole rings is 1. The lowest BCUT2D eigenvalue weighted by atomic mass is 9.79. The van der Waals surface area contributed by atoms with E-state index in [0.29, 0.717) is 22.2 Å². The zero-order valence-electron chi connectivity index (χ0n) is 21.3. The summed E-state index contributed by atoms with van der Waals surface area (Å²) in [7, 11) is 1.96. The number of rotatable bonds is 7. The van der Waals surface area contributed by atoms with Gasteiger partial charge in [-0.25, -0.2) is 4.98 Å². The first-order valence-corrected chi connectivity index (χ1v) is 13.2. The van der Waals surface area contributed by atoms with Gasteiger partial charge in [0, 0.05) is 34.6 Å². The van der Waals surface area contributed by atoms with Crippen LogP contribution in [0.25, 0.3) is 27.7 Å². The van der Waals surface area contributed by atoms with E-state index in [4.69, 9.17) is 23.2 Å². The van der Waals surface area contributed by atoms with Crippen LogP contribution in [0, 0.1) is 6.92 Å². The first-order valence-electron chi connectivity index (χ1n) is 12.4. The van der Waals surface area contributed by atoms with Gasteiger partial charge in [-0.1, -0.05) is 53.5 Å². The first-order chi connectivity index (χ1) is 18.9. The third-order valence-corrected chi connectivity index (χ3v) is 7.69. The smallest absolute Gasteiger partial charge is 0.183 e. The van der Waals surface area contributed by atoms with Crippen LogP contribution in [-0.2, 0) is 12.6 Å². The second kappa shape index (κ2) is 10.1. The molecule has 0 amide bonds. The van der Waals surface area contributed by atoms with Gasteiger partial charge in [0.25, 0.3) is 0 Å². The number of halogens is 2. The van der Waals surface area contributed by atoms with Crippen molar-refractivity contribution < 1.29 is 5.11 Å². The van der Waals surface area contributed by atoms with Gasteiger partial charge in [0.05, 0.1) is 30.3 Å². The third kappa shape index (κ3) is 4.17. The maximum atomic E-state index is 9.91. The summed E-state index contributed by atoms with van der Waals surface area (Å²) in [6, 6.07) is 21.8. The molecule has 0 saturated carbocycles. The van der Waals surface area contributed by atoms with Gasteiger partial charge in [-0.3, -0.25) is 5.32 Å². The van der Waals surface area contributed by atoms with Crippen molar-refractivity contribution in [3.8, 4) is 11.1 Å². The van der Waals surface area contributed by atoms with E-state index in [9.17, 15) is 5.11 Å². The summed E-state index contributed by atoms with van der Waals surface area (Å²) in [5.41, 5.74) is 6.38. The number of aliphatic hydroxyl groups excluding tert-OH is 1. The summed E-state index contributed by atoms with van der Waals surface area (Å²) >= 11 is 12.7. The number of benzene rings is 3. The summed E-state index contributed by atoms with van der Waals surface area (Å²) in [5.74, 6) is 0. The van der Waals surface area contributed by atoms with E-state index in [1.165, 1.54) is 0 Å². The molecule has 196 valence electrons. The molecule has 6 aromatic rings. The predicted octanol–water partition coefficient (Wildman–Crippen LogP) is 5.17. The summed E-state index contributed by atoms with van der Waals surface area (Å²) in [4.78, 5) is 4.44. The summed E-state index contributed by atoms with van der Waals surface area (Å²) in [6.07, 6.45) is 3.62. The number of hydrogen-bond acceptors (Lipinski definition) is 6. The minimum atomic E-state index is -0.859. The number of tetrazole rings is 1. The van der Waals surface area contributed by atoms with Crippen molar-refractivity contribution in [3.63, 3.8) is 0 Å². The second-order valence-electron chi connectivity index (χ2n) is 9.45. The van der Waals surface area contributed by atoms with Crippen molar-refractivity contribution in [3.05, 3.63) is 112 Å². The molecule has 1 unspecified atom stereocenters. The first kappa shape index (κ1) is 25.5. The summed E-state index contributed by atoms with van der Waals surface area (Å²) < 4.78 is 3.74. The van der Waals surface area contributed by atoms with Crippen molar-refractivity contribution in [2.45, 2.75) is 12.5 Å². The fraction of sp³-hybridized carbons (Fsp3) is 0.172. The quantitative estimate of drug-likeness (QED) is 0.281. The van der Waals surface area contributed by atoms with E-state index >= 15 is 0 Å². The standard InChI is InChI=1S/C29H25Cl2N7O/c1-18-27(19-4-3-5-23(31)14-19)24-15-21(8-11-25(24)38-28(18)34-35-36-38)29(33-12-13-39,26-16-32-17-37(26)2)20-6-9-22(30)10-7-20/h3-11,14-17,33,39H,12-13H2,1-2H3. The van der Waals surface area contributed by atoms with Crippen LogP contribution >= 0.6 is 23.2 Å². The lowest BCUT2D eigenvalue weighted by molar-refractivity contribution is 0.275. The van der Waals surface area contributed by atoms with E-state index in [1.54, 1.807) is 10.8 Å². The highest BCUT2D eigenvalue weighted by Gasteiger charge is 2.39. The van der Waals surface area contributed by atoms with Crippen molar-refractivity contribution >= 4 is 39.8 Å². The van der Waals surface area contributed by atoms with E-state index in [0.717, 1.165) is 44.4 Å². The molecule has 1 atom stereocenters. The van der Waals surface area contributed by atoms with Crippen LogP contribution in [-0.4, -0.2) is 47.9 Å². The SMILES string of the molecule is Cc1c(-c2cccc(Cl)c2)c2cc(C(NCCO)(c3ccc(Cl)cc3)c3cncn3C)ccc2n2nnnc12. The Morgan fingerprint density at radius 2 is 1.77 bits per heavy atom. The Labute approximate surface area is 234 Å². The fourth-order valence-electron chi connectivity index (χ4n) is 5.49. The van der Waals surface area contributed by atoms with E-state index < -0.39 is 5.54 Å². The van der Waals surface area contributed by atoms with Crippen LogP contribution in [0.4, 0.5) is 0 Å². The van der Waals surface area contributed by atoms with Crippen LogP contribution in [0.3, 0.4) is 0 Å². The molecule has 0 saturated heterocycles. The van der Waals surface area contributed by atoms with Gasteiger partial charge in [-0.2, -0.15) is 4.52 Å². The number of aromatic nitrogens is 6. The second-order valence-corrected chi connectivity index (χ2v) is 10.3. The summed E-state index contributed by atoms with van der Waals surface area (Å²) in [6.45, 7) is 2.32. The number of aliphatic hydroxyl groups is 1. The number of aryl methyl sites for hydroxylation is 2. The lowest BCUT2D eigenvalue weighted by Gasteiger charge is -2.37.